The number of nitrogens with zero attached hydrogens (tertiary/aromatic N) is 3. The molecule has 1 aliphatic heterocycles. The van der Waals surface area contributed by atoms with Crippen LogP contribution in [0.25, 0.3) is 0 Å². The van der Waals surface area contributed by atoms with Crippen LogP contribution in [0.2, 0.25) is 0 Å². The largest absolute Gasteiger partial charge is 0.497 e. The Morgan fingerprint density at radius 1 is 1.25 bits per heavy atom. The number of methoxy groups -OCH3 is 1. The molecule has 0 bridgehead atoms. The Morgan fingerprint density at radius 3 is 2.71 bits per heavy atom. The number of benzene rings is 1. The van der Waals surface area contributed by atoms with E-state index in [1.807, 2.05) is 24.3 Å². The molecule has 1 aromatic carbocycles. The van der Waals surface area contributed by atoms with Crippen LogP contribution in [0.3, 0.4) is 0 Å². The number of hydrogen-bond donors (Lipinski definition) is 1. The SMILES string of the molecule is COc1ccc([C@@H]2C3=C(CC(C)(C)CC3=O)Nc3ncnn32)cc1. The standard InChI is InChI=1S/C18H20N4O2/c1-18(2)8-13-15(14(23)9-18)16(22-17(21-13)19-10-20-22)11-4-6-12(24-3)7-5-11/h4-7,10,16H,8-9H2,1-3H3,(H,19,20,21)/t16-/m1/s1. The fraction of sp³-hybridized carbons (Fsp3) is 0.389. The molecule has 2 heterocycles. The maximum atomic E-state index is 12.9. The number of anilines is 1. The average molecular weight is 324 g/mol. The van der Waals surface area contributed by atoms with Gasteiger partial charge < -0.3 is 10.1 Å². The summed E-state index contributed by atoms with van der Waals surface area (Å²) in [6.07, 6.45) is 2.89. The van der Waals surface area contributed by atoms with Crippen LogP contribution in [-0.4, -0.2) is 27.7 Å². The zero-order valence-corrected chi connectivity index (χ0v) is 14.0. The zero-order valence-electron chi connectivity index (χ0n) is 14.0. The minimum atomic E-state index is -0.242. The molecule has 0 amide bonds. The fourth-order valence-electron chi connectivity index (χ4n) is 3.64. The summed E-state index contributed by atoms with van der Waals surface area (Å²) < 4.78 is 7.03. The van der Waals surface area contributed by atoms with Crippen LogP contribution in [0.15, 0.2) is 41.9 Å². The number of ether oxygens (including phenoxy) is 1. The van der Waals surface area contributed by atoms with Gasteiger partial charge in [0.1, 0.15) is 18.1 Å². The molecule has 1 aromatic heterocycles. The van der Waals surface area contributed by atoms with Crippen LogP contribution in [0.5, 0.6) is 5.75 Å². The van der Waals surface area contributed by atoms with Crippen LogP contribution in [0.4, 0.5) is 5.95 Å². The zero-order chi connectivity index (χ0) is 16.9. The predicted molar refractivity (Wildman–Crippen MR) is 89.8 cm³/mol. The molecule has 1 aliphatic carbocycles. The van der Waals surface area contributed by atoms with Gasteiger partial charge in [0.05, 0.1) is 7.11 Å². The number of ketones is 1. The van der Waals surface area contributed by atoms with Crippen molar-refractivity contribution >= 4 is 11.7 Å². The molecular formula is C18H20N4O2. The second kappa shape index (κ2) is 5.19. The minimum Gasteiger partial charge on any atom is -0.497 e. The number of carbonyl (C=O) groups is 1. The summed E-state index contributed by atoms with van der Waals surface area (Å²) in [6, 6.07) is 7.54. The number of carbonyl (C=O) groups excluding carboxylic acids is 1. The first-order chi connectivity index (χ1) is 11.5. The molecule has 1 N–H and O–H groups in total. The molecule has 1 atom stereocenters. The first kappa shape index (κ1) is 14.9. The first-order valence-corrected chi connectivity index (χ1v) is 8.05. The summed E-state index contributed by atoms with van der Waals surface area (Å²) >= 11 is 0. The van der Waals surface area contributed by atoms with Crippen molar-refractivity contribution in [2.75, 3.05) is 12.4 Å². The lowest BCUT2D eigenvalue weighted by Crippen LogP contribution is -2.36. The van der Waals surface area contributed by atoms with E-state index in [1.165, 1.54) is 6.33 Å². The van der Waals surface area contributed by atoms with Gasteiger partial charge in [-0.25, -0.2) is 4.68 Å². The molecule has 6 nitrogen and oxygen atoms in total. The van der Waals surface area contributed by atoms with Crippen LogP contribution in [-0.2, 0) is 4.79 Å². The molecule has 0 fully saturated rings. The number of fused-ring (bicyclic) bond motifs is 1. The van der Waals surface area contributed by atoms with Gasteiger partial charge in [-0.1, -0.05) is 26.0 Å². The minimum absolute atomic E-state index is 0.0461. The molecule has 2 aliphatic rings. The summed E-state index contributed by atoms with van der Waals surface area (Å²) in [6.45, 7) is 4.25. The maximum Gasteiger partial charge on any atom is 0.226 e. The third-order valence-electron chi connectivity index (χ3n) is 4.71. The average Bonchev–Trinajstić information content (AvgIpc) is 3.00. The molecular weight excluding hydrogens is 304 g/mol. The Kier molecular flexibility index (Phi) is 3.23. The number of allylic oxidation sites excluding steroid dienone is 2. The second-order valence-corrected chi connectivity index (χ2v) is 7.16. The van der Waals surface area contributed by atoms with Crippen LogP contribution < -0.4 is 10.1 Å². The Balaban J connectivity index is 1.86. The van der Waals surface area contributed by atoms with E-state index in [4.69, 9.17) is 4.74 Å². The lowest BCUT2D eigenvalue weighted by molar-refractivity contribution is -0.118. The monoisotopic (exact) mass is 324 g/mol. The third kappa shape index (κ3) is 2.29. The van der Waals surface area contributed by atoms with Crippen LogP contribution >= 0.6 is 0 Å². The van der Waals surface area contributed by atoms with Crippen molar-refractivity contribution in [1.29, 1.82) is 0 Å². The molecule has 6 heteroatoms. The molecule has 24 heavy (non-hydrogen) atoms. The quantitative estimate of drug-likeness (QED) is 0.920. The number of rotatable bonds is 2. The van der Waals surface area contributed by atoms with Gasteiger partial charge in [-0.2, -0.15) is 10.1 Å². The molecule has 124 valence electrons. The summed E-state index contributed by atoms with van der Waals surface area (Å²) in [4.78, 5) is 17.2. The molecule has 0 saturated heterocycles. The van der Waals surface area contributed by atoms with Gasteiger partial charge in [0.2, 0.25) is 5.95 Å². The van der Waals surface area contributed by atoms with Crippen molar-refractivity contribution in [3.63, 3.8) is 0 Å². The Morgan fingerprint density at radius 2 is 2.00 bits per heavy atom. The van der Waals surface area contributed by atoms with E-state index in [9.17, 15) is 4.79 Å². The molecule has 0 spiro atoms. The molecule has 0 unspecified atom stereocenters. The Labute approximate surface area is 140 Å². The normalized spacial score (nSPS) is 21.8. The van der Waals surface area contributed by atoms with E-state index >= 15 is 0 Å². The van der Waals surface area contributed by atoms with E-state index < -0.39 is 0 Å². The molecule has 0 saturated carbocycles. The van der Waals surface area contributed by atoms with Crippen molar-refractivity contribution in [2.24, 2.45) is 5.41 Å². The summed E-state index contributed by atoms with van der Waals surface area (Å²) in [5.74, 6) is 1.65. The summed E-state index contributed by atoms with van der Waals surface area (Å²) in [5.41, 5.74) is 2.73. The van der Waals surface area contributed by atoms with E-state index in [0.29, 0.717) is 12.4 Å². The van der Waals surface area contributed by atoms with Gasteiger partial charge in [0, 0.05) is 17.7 Å². The number of nitrogens with one attached hydrogen (secondary N) is 1. The Hall–Kier alpha value is -2.63. The van der Waals surface area contributed by atoms with E-state index in [1.54, 1.807) is 11.8 Å². The lowest BCUT2D eigenvalue weighted by atomic mass is 9.73. The Bertz CT molecular complexity index is 833. The second-order valence-electron chi connectivity index (χ2n) is 7.16. The number of aromatic nitrogens is 3. The fourth-order valence-corrected chi connectivity index (χ4v) is 3.64. The molecule has 0 radical (unpaired) electrons. The van der Waals surface area contributed by atoms with E-state index in [2.05, 4.69) is 29.2 Å². The van der Waals surface area contributed by atoms with E-state index in [-0.39, 0.29) is 17.2 Å². The highest BCUT2D eigenvalue weighted by Crippen LogP contribution is 2.45. The smallest absolute Gasteiger partial charge is 0.226 e. The van der Waals surface area contributed by atoms with E-state index in [0.717, 1.165) is 29.0 Å². The van der Waals surface area contributed by atoms with Gasteiger partial charge in [0.25, 0.3) is 0 Å². The lowest BCUT2D eigenvalue weighted by Gasteiger charge is -2.38. The van der Waals surface area contributed by atoms with Crippen LogP contribution in [0.1, 0.15) is 38.3 Å². The van der Waals surface area contributed by atoms with Gasteiger partial charge >= 0.3 is 0 Å². The van der Waals surface area contributed by atoms with Gasteiger partial charge in [-0.3, -0.25) is 4.79 Å². The summed E-state index contributed by atoms with van der Waals surface area (Å²) in [5, 5.41) is 7.66. The maximum absolute atomic E-state index is 12.9. The highest BCUT2D eigenvalue weighted by molar-refractivity contribution is 6.00. The van der Waals surface area contributed by atoms with Crippen molar-refractivity contribution in [2.45, 2.75) is 32.7 Å². The van der Waals surface area contributed by atoms with Crippen molar-refractivity contribution in [3.05, 3.63) is 47.4 Å². The third-order valence-corrected chi connectivity index (χ3v) is 4.71. The topological polar surface area (TPSA) is 69.0 Å². The van der Waals surface area contributed by atoms with Gasteiger partial charge in [0.15, 0.2) is 5.78 Å². The van der Waals surface area contributed by atoms with Crippen LogP contribution in [0, 0.1) is 5.41 Å². The molecule has 2 aromatic rings. The van der Waals surface area contributed by atoms with Crippen molar-refractivity contribution in [3.8, 4) is 5.75 Å². The predicted octanol–water partition coefficient (Wildman–Crippen LogP) is 2.94. The van der Waals surface area contributed by atoms with Gasteiger partial charge in [-0.05, 0) is 29.5 Å². The van der Waals surface area contributed by atoms with Gasteiger partial charge in [-0.15, -0.1) is 0 Å². The number of hydrogen-bond acceptors (Lipinski definition) is 5. The van der Waals surface area contributed by atoms with Crippen molar-refractivity contribution < 1.29 is 9.53 Å². The number of Topliss-reactive ketones (excluding diaryl/α,β-unsaturated/α-hetero) is 1. The highest BCUT2D eigenvalue weighted by Gasteiger charge is 2.41. The van der Waals surface area contributed by atoms with Crippen molar-refractivity contribution in [1.82, 2.24) is 14.8 Å². The highest BCUT2D eigenvalue weighted by atomic mass is 16.5. The first-order valence-electron chi connectivity index (χ1n) is 8.05. The summed E-state index contributed by atoms with van der Waals surface area (Å²) in [7, 11) is 1.64. The molecule has 4 rings (SSSR count).